The third-order valence-electron chi connectivity index (χ3n) is 0.213. The standard InChI is InChI=1S/Ca.H4O7P2/c;1-8(2,3)7-9(4,5)6/h;(H2,1,2,3)(H2,4,5,6)/q+2;/p+1. The summed E-state index contributed by atoms with van der Waals surface area (Å²) in [5.41, 5.74) is 0. The first-order valence-corrected chi connectivity index (χ1v) is 4.59. The van der Waals surface area contributed by atoms with Crippen molar-refractivity contribution in [1.82, 2.24) is 0 Å². The normalized spacial score (nSPS) is 12.4. The quantitative estimate of drug-likeness (QED) is 0.344. The Labute approximate surface area is 87.4 Å². The minimum atomic E-state index is -5.05. The van der Waals surface area contributed by atoms with Gasteiger partial charge < -0.3 is 19.6 Å². The molecule has 0 heterocycles. The van der Waals surface area contributed by atoms with Crippen LogP contribution < -0.4 is 0 Å². The van der Waals surface area contributed by atoms with Gasteiger partial charge in [-0.15, -0.1) is 0 Å². The summed E-state index contributed by atoms with van der Waals surface area (Å²) in [5.74, 6) is 0. The van der Waals surface area contributed by atoms with Crippen molar-refractivity contribution in [2.45, 2.75) is 0 Å². The minimum Gasteiger partial charge on any atom is -0.302 e. The summed E-state index contributed by atoms with van der Waals surface area (Å²) in [7, 11) is -10.1. The Bertz CT molecular complexity index is 157. The van der Waals surface area contributed by atoms with Crippen molar-refractivity contribution in [3.05, 3.63) is 0 Å². The van der Waals surface area contributed by atoms with Crippen LogP contribution in [0.3, 0.4) is 0 Å². The SMILES string of the molecule is O=P(O)(O)OP(=O)(O)O.[Ca+2].[H+]. The van der Waals surface area contributed by atoms with E-state index in [-0.39, 0.29) is 39.2 Å². The maximum Gasteiger partial charge on any atom is 2.00 e. The Hall–Kier alpha value is 1.52. The van der Waals surface area contributed by atoms with Gasteiger partial charge in [-0.25, -0.2) is 9.13 Å². The second-order valence-corrected chi connectivity index (χ2v) is 3.68. The van der Waals surface area contributed by atoms with Crippen molar-refractivity contribution in [2.75, 3.05) is 0 Å². The van der Waals surface area contributed by atoms with Crippen LogP contribution in [0.15, 0.2) is 0 Å². The molecular weight excluding hydrogens is 214 g/mol. The molecule has 0 aliphatic carbocycles. The van der Waals surface area contributed by atoms with Gasteiger partial charge in [0.2, 0.25) is 0 Å². The Morgan fingerprint density at radius 2 is 1.20 bits per heavy atom. The second-order valence-electron chi connectivity index (χ2n) is 1.06. The maximum atomic E-state index is 9.63. The van der Waals surface area contributed by atoms with Crippen LogP contribution >= 0.6 is 15.6 Å². The van der Waals surface area contributed by atoms with E-state index in [1.165, 1.54) is 0 Å². The number of phosphoric acid groups is 2. The van der Waals surface area contributed by atoms with Crippen LogP contribution in [-0.4, -0.2) is 57.3 Å². The zero-order valence-electron chi connectivity index (χ0n) is 5.62. The van der Waals surface area contributed by atoms with Gasteiger partial charge in [-0.3, -0.25) is 0 Å². The average molecular weight is 219 g/mol. The van der Waals surface area contributed by atoms with E-state index >= 15 is 0 Å². The van der Waals surface area contributed by atoms with Crippen LogP contribution in [0.2, 0.25) is 0 Å². The van der Waals surface area contributed by atoms with Crippen LogP contribution in [0.5, 0.6) is 0 Å². The summed E-state index contributed by atoms with van der Waals surface area (Å²) in [6.45, 7) is 0. The molecule has 0 aromatic heterocycles. The van der Waals surface area contributed by atoms with Crippen molar-refractivity contribution in [3.8, 4) is 0 Å². The summed E-state index contributed by atoms with van der Waals surface area (Å²) in [5, 5.41) is 0. The molecule has 4 N–H and O–H groups in total. The fourth-order valence-electron chi connectivity index (χ4n) is 0.139. The fourth-order valence-corrected chi connectivity index (χ4v) is 1.25. The Balaban J connectivity index is -0.000000320. The molecule has 7 nitrogen and oxygen atoms in total. The number of rotatable bonds is 2. The van der Waals surface area contributed by atoms with Crippen molar-refractivity contribution in [3.63, 3.8) is 0 Å². The molecule has 0 fully saturated rings. The maximum absolute atomic E-state index is 9.63. The third kappa shape index (κ3) is 12.2. The van der Waals surface area contributed by atoms with Crippen LogP contribution in [0.25, 0.3) is 0 Å². The van der Waals surface area contributed by atoms with Gasteiger partial charge in [0.1, 0.15) is 0 Å². The third-order valence-corrected chi connectivity index (χ3v) is 1.91. The minimum absolute atomic E-state index is 0. The van der Waals surface area contributed by atoms with E-state index in [9.17, 15) is 9.13 Å². The Kier molecular flexibility index (Phi) is 6.36. The first-order chi connectivity index (χ1) is 3.71. The van der Waals surface area contributed by atoms with Gasteiger partial charge in [0.25, 0.3) is 0 Å². The van der Waals surface area contributed by atoms with Gasteiger partial charge in [-0.1, -0.05) is 0 Å². The predicted molar refractivity (Wildman–Crippen MR) is 32.0 cm³/mol. The molecule has 0 unspecified atom stereocenters. The molecule has 10 heavy (non-hydrogen) atoms. The molecule has 0 aliphatic heterocycles. The Morgan fingerprint density at radius 3 is 1.20 bits per heavy atom. The summed E-state index contributed by atoms with van der Waals surface area (Å²) in [4.78, 5) is 31.0. The van der Waals surface area contributed by atoms with Crippen LogP contribution in [0.4, 0.5) is 0 Å². The van der Waals surface area contributed by atoms with E-state index < -0.39 is 15.6 Å². The molecule has 0 amide bonds. The smallest absolute Gasteiger partial charge is 0.302 e. The molecule has 0 radical (unpaired) electrons. The molecule has 0 aromatic rings. The van der Waals surface area contributed by atoms with Gasteiger partial charge >= 0.3 is 54.8 Å². The predicted octanol–water partition coefficient (Wildman–Crippen LogP) is -1.08. The van der Waals surface area contributed by atoms with E-state index in [0.29, 0.717) is 0 Å². The molecule has 10 heteroatoms. The number of hydrogen-bond acceptors (Lipinski definition) is 3. The van der Waals surface area contributed by atoms with E-state index in [1.807, 2.05) is 0 Å². The zero-order chi connectivity index (χ0) is 7.71. The first kappa shape index (κ1) is 14.1. The zero-order valence-corrected chi connectivity index (χ0v) is 8.61. The van der Waals surface area contributed by atoms with E-state index in [0.717, 1.165) is 0 Å². The van der Waals surface area contributed by atoms with Gasteiger partial charge in [-0.05, 0) is 0 Å². The molecular formula is H5CaO7P2+3. The molecule has 0 rings (SSSR count). The monoisotopic (exact) mass is 219 g/mol. The van der Waals surface area contributed by atoms with Crippen molar-refractivity contribution in [2.24, 2.45) is 0 Å². The average Bonchev–Trinajstić information content (AvgIpc) is 1.14. The first-order valence-electron chi connectivity index (χ1n) is 1.53. The fraction of sp³-hybridized carbons (Fsp3) is 0. The molecule has 0 aliphatic rings. The van der Waals surface area contributed by atoms with Gasteiger partial charge in [0.15, 0.2) is 0 Å². The summed E-state index contributed by atoms with van der Waals surface area (Å²) in [6.07, 6.45) is 0. The molecule has 0 saturated carbocycles. The molecule has 0 bridgehead atoms. The van der Waals surface area contributed by atoms with Crippen molar-refractivity contribution < 1.29 is 34.4 Å². The molecule has 0 aromatic carbocycles. The van der Waals surface area contributed by atoms with Gasteiger partial charge in [0, 0.05) is 0 Å². The van der Waals surface area contributed by atoms with Gasteiger partial charge in [0.05, 0.1) is 0 Å². The van der Waals surface area contributed by atoms with E-state index in [2.05, 4.69) is 4.31 Å². The van der Waals surface area contributed by atoms with E-state index in [4.69, 9.17) is 19.6 Å². The van der Waals surface area contributed by atoms with E-state index in [1.54, 1.807) is 0 Å². The van der Waals surface area contributed by atoms with Crippen LogP contribution in [0, 0.1) is 0 Å². The summed E-state index contributed by atoms with van der Waals surface area (Å²) >= 11 is 0. The molecule has 56 valence electrons. The molecule has 0 spiro atoms. The van der Waals surface area contributed by atoms with Crippen LogP contribution in [0.1, 0.15) is 1.43 Å². The molecule has 0 saturated heterocycles. The summed E-state index contributed by atoms with van der Waals surface area (Å²) in [6, 6.07) is 0. The topological polar surface area (TPSA) is 124 Å². The van der Waals surface area contributed by atoms with Crippen LogP contribution in [-0.2, 0) is 13.4 Å². The Morgan fingerprint density at radius 1 is 1.00 bits per heavy atom. The largest absolute Gasteiger partial charge is 2.00 e. The summed E-state index contributed by atoms with van der Waals surface area (Å²) < 4.78 is 22.2. The van der Waals surface area contributed by atoms with Crippen molar-refractivity contribution in [1.29, 1.82) is 0 Å². The molecule has 0 atom stereocenters. The van der Waals surface area contributed by atoms with Gasteiger partial charge in [-0.2, -0.15) is 4.31 Å². The van der Waals surface area contributed by atoms with Crippen molar-refractivity contribution >= 4 is 53.4 Å². The number of hydrogen-bond donors (Lipinski definition) is 4. The second kappa shape index (κ2) is 4.52.